The molecule has 1 N–H and O–H groups in total. The molecule has 1 heteroatoms. The summed E-state index contributed by atoms with van der Waals surface area (Å²) in [6, 6.07) is 12.8. The van der Waals surface area contributed by atoms with Crippen molar-refractivity contribution in [2.75, 3.05) is 0 Å². The second kappa shape index (κ2) is 4.62. The Bertz CT molecular complexity index is 481. The van der Waals surface area contributed by atoms with Crippen LogP contribution < -0.4 is 0 Å². The summed E-state index contributed by atoms with van der Waals surface area (Å²) in [6.07, 6.45) is 6.15. The Hall–Kier alpha value is -1.76. The Labute approximate surface area is 103 Å². The van der Waals surface area contributed by atoms with E-state index in [0.29, 0.717) is 0 Å². The first-order valence-corrected chi connectivity index (χ1v) is 5.98. The molecule has 2 rings (SSSR count). The molecule has 0 aliphatic rings. The van der Waals surface area contributed by atoms with Crippen molar-refractivity contribution in [3.05, 3.63) is 59.4 Å². The lowest BCUT2D eigenvalue weighted by Gasteiger charge is -2.18. The van der Waals surface area contributed by atoms with Crippen LogP contribution in [-0.4, -0.2) is 4.98 Å². The second-order valence-electron chi connectivity index (χ2n) is 5.33. The first kappa shape index (κ1) is 11.7. The fourth-order valence-corrected chi connectivity index (χ4v) is 1.73. The third-order valence-corrected chi connectivity index (χ3v) is 2.85. The highest BCUT2D eigenvalue weighted by Gasteiger charge is 2.12. The molecule has 88 valence electrons. The normalized spacial score (nSPS) is 12.2. The Morgan fingerprint density at radius 1 is 0.941 bits per heavy atom. The number of aromatic amines is 1. The lowest BCUT2D eigenvalue weighted by atomic mass is 9.87. The van der Waals surface area contributed by atoms with Crippen LogP contribution in [0.4, 0.5) is 0 Å². The van der Waals surface area contributed by atoms with Gasteiger partial charge in [-0.05, 0) is 34.8 Å². The summed E-state index contributed by atoms with van der Waals surface area (Å²) in [6.45, 7) is 6.70. The van der Waals surface area contributed by atoms with Gasteiger partial charge in [-0.3, -0.25) is 0 Å². The summed E-state index contributed by atoms with van der Waals surface area (Å²) in [4.78, 5) is 3.16. The molecule has 0 bridgehead atoms. The molecule has 0 radical (unpaired) electrons. The van der Waals surface area contributed by atoms with Crippen molar-refractivity contribution in [2.24, 2.45) is 0 Å². The van der Waals surface area contributed by atoms with Gasteiger partial charge in [-0.15, -0.1) is 0 Å². The fourth-order valence-electron chi connectivity index (χ4n) is 1.73. The fraction of sp³-hybridized carbons (Fsp3) is 0.250. The van der Waals surface area contributed by atoms with E-state index in [0.717, 1.165) is 5.69 Å². The largest absolute Gasteiger partial charge is 0.362 e. The molecule has 0 fully saturated rings. The van der Waals surface area contributed by atoms with Crippen LogP contribution in [0, 0.1) is 0 Å². The van der Waals surface area contributed by atoms with Crippen LogP contribution in [0.1, 0.15) is 37.6 Å². The predicted octanol–water partition coefficient (Wildman–Crippen LogP) is 4.48. The van der Waals surface area contributed by atoms with Crippen LogP contribution in [0.2, 0.25) is 0 Å². The Morgan fingerprint density at radius 3 is 2.18 bits per heavy atom. The summed E-state index contributed by atoms with van der Waals surface area (Å²) < 4.78 is 0. The van der Waals surface area contributed by atoms with Crippen LogP contribution in [0.15, 0.2) is 42.6 Å². The number of hydrogen-bond acceptors (Lipinski definition) is 0. The molecule has 0 spiro atoms. The van der Waals surface area contributed by atoms with E-state index in [9.17, 15) is 0 Å². The summed E-state index contributed by atoms with van der Waals surface area (Å²) in [5, 5.41) is 0. The Morgan fingerprint density at radius 2 is 1.65 bits per heavy atom. The molecule has 0 amide bonds. The molecule has 1 aromatic heterocycles. The van der Waals surface area contributed by atoms with Crippen LogP contribution in [-0.2, 0) is 5.41 Å². The maximum absolute atomic E-state index is 3.16. The van der Waals surface area contributed by atoms with E-state index in [2.05, 4.69) is 68.2 Å². The lowest BCUT2D eigenvalue weighted by molar-refractivity contribution is 0.590. The van der Waals surface area contributed by atoms with Gasteiger partial charge in [-0.25, -0.2) is 0 Å². The molecule has 2 aromatic rings. The molecule has 0 atom stereocenters. The SMILES string of the molecule is CC(C)(C)c1ccc(/C=C/c2ccc[nH]2)cc1. The van der Waals surface area contributed by atoms with Crippen molar-refractivity contribution in [1.29, 1.82) is 0 Å². The third-order valence-electron chi connectivity index (χ3n) is 2.85. The van der Waals surface area contributed by atoms with E-state index in [-0.39, 0.29) is 5.41 Å². The molecule has 1 aromatic carbocycles. The van der Waals surface area contributed by atoms with Gasteiger partial charge in [0.1, 0.15) is 0 Å². The summed E-state index contributed by atoms with van der Waals surface area (Å²) in [7, 11) is 0. The third kappa shape index (κ3) is 3.10. The summed E-state index contributed by atoms with van der Waals surface area (Å²) >= 11 is 0. The van der Waals surface area contributed by atoms with E-state index in [1.165, 1.54) is 11.1 Å². The lowest BCUT2D eigenvalue weighted by Crippen LogP contribution is -2.10. The number of rotatable bonds is 2. The smallest absolute Gasteiger partial charge is 0.0380 e. The second-order valence-corrected chi connectivity index (χ2v) is 5.33. The highest BCUT2D eigenvalue weighted by molar-refractivity contribution is 5.68. The van der Waals surface area contributed by atoms with Crippen molar-refractivity contribution in [3.63, 3.8) is 0 Å². The maximum atomic E-state index is 3.16. The number of benzene rings is 1. The van der Waals surface area contributed by atoms with Gasteiger partial charge in [0.15, 0.2) is 0 Å². The molecular weight excluding hydrogens is 206 g/mol. The first-order chi connectivity index (χ1) is 8.05. The zero-order chi connectivity index (χ0) is 12.3. The minimum atomic E-state index is 0.224. The zero-order valence-electron chi connectivity index (χ0n) is 10.7. The van der Waals surface area contributed by atoms with Gasteiger partial charge >= 0.3 is 0 Å². The Balaban J connectivity index is 2.14. The molecular formula is C16H19N. The van der Waals surface area contributed by atoms with Gasteiger partial charge in [0.2, 0.25) is 0 Å². The minimum absolute atomic E-state index is 0.224. The monoisotopic (exact) mass is 225 g/mol. The van der Waals surface area contributed by atoms with Gasteiger partial charge in [0.05, 0.1) is 0 Å². The van der Waals surface area contributed by atoms with E-state index >= 15 is 0 Å². The van der Waals surface area contributed by atoms with E-state index < -0.39 is 0 Å². The van der Waals surface area contributed by atoms with E-state index in [4.69, 9.17) is 0 Å². The van der Waals surface area contributed by atoms with Crippen LogP contribution >= 0.6 is 0 Å². The van der Waals surface area contributed by atoms with Crippen molar-refractivity contribution < 1.29 is 0 Å². The van der Waals surface area contributed by atoms with Gasteiger partial charge in [-0.1, -0.05) is 51.1 Å². The molecule has 1 nitrogen and oxygen atoms in total. The van der Waals surface area contributed by atoms with Crippen molar-refractivity contribution in [3.8, 4) is 0 Å². The van der Waals surface area contributed by atoms with Crippen molar-refractivity contribution in [1.82, 2.24) is 4.98 Å². The van der Waals surface area contributed by atoms with E-state index in [1.807, 2.05) is 12.3 Å². The van der Waals surface area contributed by atoms with Crippen LogP contribution in [0.5, 0.6) is 0 Å². The van der Waals surface area contributed by atoms with Crippen molar-refractivity contribution in [2.45, 2.75) is 26.2 Å². The highest BCUT2D eigenvalue weighted by Crippen LogP contribution is 2.22. The van der Waals surface area contributed by atoms with Crippen LogP contribution in [0.25, 0.3) is 12.2 Å². The van der Waals surface area contributed by atoms with E-state index in [1.54, 1.807) is 0 Å². The quantitative estimate of drug-likeness (QED) is 0.775. The molecule has 0 aliphatic heterocycles. The van der Waals surface area contributed by atoms with Gasteiger partial charge in [0, 0.05) is 11.9 Å². The standard InChI is InChI=1S/C16H19N/c1-16(2,3)14-9-6-13(7-10-14)8-11-15-5-4-12-17-15/h4-12,17H,1-3H3/b11-8+. The highest BCUT2D eigenvalue weighted by atomic mass is 14.7. The summed E-state index contributed by atoms with van der Waals surface area (Å²) in [5.41, 5.74) is 3.95. The molecule has 17 heavy (non-hydrogen) atoms. The van der Waals surface area contributed by atoms with Crippen LogP contribution in [0.3, 0.4) is 0 Å². The predicted molar refractivity (Wildman–Crippen MR) is 74.9 cm³/mol. The molecule has 0 unspecified atom stereocenters. The molecule has 0 aliphatic carbocycles. The minimum Gasteiger partial charge on any atom is -0.362 e. The van der Waals surface area contributed by atoms with Crippen molar-refractivity contribution >= 4 is 12.2 Å². The van der Waals surface area contributed by atoms with Gasteiger partial charge < -0.3 is 4.98 Å². The summed E-state index contributed by atoms with van der Waals surface area (Å²) in [5.74, 6) is 0. The molecule has 0 saturated carbocycles. The number of nitrogens with one attached hydrogen (secondary N) is 1. The average molecular weight is 225 g/mol. The molecule has 1 heterocycles. The average Bonchev–Trinajstić information content (AvgIpc) is 2.78. The first-order valence-electron chi connectivity index (χ1n) is 5.98. The molecule has 0 saturated heterocycles. The van der Waals surface area contributed by atoms with Gasteiger partial charge in [0.25, 0.3) is 0 Å². The number of aromatic nitrogens is 1. The Kier molecular flexibility index (Phi) is 3.19. The number of hydrogen-bond donors (Lipinski definition) is 1. The number of H-pyrrole nitrogens is 1. The topological polar surface area (TPSA) is 15.8 Å². The zero-order valence-corrected chi connectivity index (χ0v) is 10.7. The van der Waals surface area contributed by atoms with Gasteiger partial charge in [-0.2, -0.15) is 0 Å². The maximum Gasteiger partial charge on any atom is 0.0380 e.